The van der Waals surface area contributed by atoms with Crippen molar-refractivity contribution in [3.8, 4) is 0 Å². The van der Waals surface area contributed by atoms with Gasteiger partial charge in [0.2, 0.25) is 5.91 Å². The Labute approximate surface area is 111 Å². The molecule has 1 atom stereocenters. The van der Waals surface area contributed by atoms with Crippen LogP contribution in [0.25, 0.3) is 0 Å². The average Bonchev–Trinajstić information content (AvgIpc) is 2.21. The third-order valence-corrected chi connectivity index (χ3v) is 5.29. The van der Waals surface area contributed by atoms with Crippen molar-refractivity contribution in [2.24, 2.45) is 5.92 Å². The normalized spacial score (nSPS) is 26.7. The zero-order valence-corrected chi connectivity index (χ0v) is 11.4. The number of carbonyl (C=O) groups excluding carboxylic acids is 1. The molecule has 2 saturated heterocycles. The van der Waals surface area contributed by atoms with E-state index >= 15 is 0 Å². The molecular formula is C11H18N2O5S. The number of nitrogens with zero attached hydrogens (tertiary/aromatic N) is 1. The molecule has 1 amide bonds. The molecule has 19 heavy (non-hydrogen) atoms. The Bertz CT molecular complexity index is 471. The summed E-state index contributed by atoms with van der Waals surface area (Å²) in [5, 5.41) is 11.9. The average molecular weight is 290 g/mol. The van der Waals surface area contributed by atoms with E-state index < -0.39 is 21.8 Å². The first-order chi connectivity index (χ1) is 8.87. The Morgan fingerprint density at radius 1 is 1.26 bits per heavy atom. The van der Waals surface area contributed by atoms with Gasteiger partial charge in [0.05, 0.1) is 24.0 Å². The highest BCUT2D eigenvalue weighted by atomic mass is 32.2. The van der Waals surface area contributed by atoms with E-state index in [4.69, 9.17) is 5.11 Å². The molecule has 2 heterocycles. The van der Waals surface area contributed by atoms with Gasteiger partial charge in [-0.2, -0.15) is 0 Å². The molecule has 8 heteroatoms. The van der Waals surface area contributed by atoms with E-state index in [1.165, 1.54) is 4.90 Å². The highest BCUT2D eigenvalue weighted by molar-refractivity contribution is 7.91. The highest BCUT2D eigenvalue weighted by Gasteiger charge is 2.36. The lowest BCUT2D eigenvalue weighted by Gasteiger charge is -2.36. The van der Waals surface area contributed by atoms with Crippen molar-refractivity contribution in [3.63, 3.8) is 0 Å². The molecule has 2 aliphatic heterocycles. The fourth-order valence-electron chi connectivity index (χ4n) is 2.44. The van der Waals surface area contributed by atoms with Gasteiger partial charge in [0, 0.05) is 13.0 Å². The lowest BCUT2D eigenvalue weighted by atomic mass is 9.98. The van der Waals surface area contributed by atoms with Crippen molar-refractivity contribution in [1.29, 1.82) is 0 Å². The van der Waals surface area contributed by atoms with Gasteiger partial charge in [0.25, 0.3) is 0 Å². The quantitative estimate of drug-likeness (QED) is 0.667. The molecule has 0 bridgehead atoms. The minimum absolute atomic E-state index is 0.0717. The molecule has 0 saturated carbocycles. The van der Waals surface area contributed by atoms with Crippen molar-refractivity contribution in [2.45, 2.75) is 18.9 Å². The van der Waals surface area contributed by atoms with Crippen molar-refractivity contribution in [3.05, 3.63) is 0 Å². The molecule has 0 aliphatic carbocycles. The molecule has 108 valence electrons. The van der Waals surface area contributed by atoms with Gasteiger partial charge >= 0.3 is 5.97 Å². The van der Waals surface area contributed by atoms with Gasteiger partial charge in [-0.25, -0.2) is 8.42 Å². The van der Waals surface area contributed by atoms with Crippen LogP contribution in [0.4, 0.5) is 0 Å². The fourth-order valence-corrected chi connectivity index (χ4v) is 3.97. The lowest BCUT2D eigenvalue weighted by molar-refractivity contribution is -0.140. The van der Waals surface area contributed by atoms with Gasteiger partial charge in [0.15, 0.2) is 9.84 Å². The van der Waals surface area contributed by atoms with E-state index in [9.17, 15) is 18.0 Å². The summed E-state index contributed by atoms with van der Waals surface area (Å²) in [7, 11) is -3.23. The van der Waals surface area contributed by atoms with Crippen molar-refractivity contribution < 1.29 is 23.1 Å². The summed E-state index contributed by atoms with van der Waals surface area (Å²) in [6.07, 6.45) is 0.0526. The SMILES string of the molecule is O=C(O)CC1CS(=O)(=O)CCN1C(=O)CC1CNC1. The van der Waals surface area contributed by atoms with Crippen LogP contribution >= 0.6 is 0 Å². The van der Waals surface area contributed by atoms with Crippen LogP contribution in [-0.2, 0) is 19.4 Å². The molecule has 2 rings (SSSR count). The third kappa shape index (κ3) is 3.66. The Morgan fingerprint density at radius 3 is 2.47 bits per heavy atom. The van der Waals surface area contributed by atoms with Crippen LogP contribution in [0.2, 0.25) is 0 Å². The van der Waals surface area contributed by atoms with Crippen LogP contribution < -0.4 is 5.32 Å². The van der Waals surface area contributed by atoms with E-state index in [2.05, 4.69) is 5.32 Å². The first kappa shape index (κ1) is 14.3. The first-order valence-electron chi connectivity index (χ1n) is 6.30. The number of nitrogens with one attached hydrogen (secondary N) is 1. The molecule has 0 aromatic heterocycles. The lowest BCUT2D eigenvalue weighted by Crippen LogP contribution is -2.53. The Morgan fingerprint density at radius 2 is 1.95 bits per heavy atom. The summed E-state index contributed by atoms with van der Waals surface area (Å²) >= 11 is 0. The number of hydrogen-bond acceptors (Lipinski definition) is 5. The standard InChI is InChI=1S/C11H18N2O5S/c14-10(3-8-5-12-6-8)13-1-2-19(17,18)7-9(13)4-11(15)16/h8-9,12H,1-7H2,(H,15,16). The van der Waals surface area contributed by atoms with E-state index in [1.807, 2.05) is 0 Å². The molecular weight excluding hydrogens is 272 g/mol. The Hall–Kier alpha value is -1.15. The van der Waals surface area contributed by atoms with E-state index in [1.54, 1.807) is 0 Å². The Kier molecular flexibility index (Phi) is 4.10. The van der Waals surface area contributed by atoms with Crippen LogP contribution in [0.3, 0.4) is 0 Å². The second-order valence-corrected chi connectivity index (χ2v) is 7.41. The van der Waals surface area contributed by atoms with Gasteiger partial charge in [-0.15, -0.1) is 0 Å². The van der Waals surface area contributed by atoms with Gasteiger partial charge in [-0.3, -0.25) is 9.59 Å². The van der Waals surface area contributed by atoms with Crippen molar-refractivity contribution in [1.82, 2.24) is 10.2 Å². The van der Waals surface area contributed by atoms with Gasteiger partial charge in [-0.1, -0.05) is 0 Å². The second kappa shape index (κ2) is 5.46. The summed E-state index contributed by atoms with van der Waals surface area (Å²) in [4.78, 5) is 24.3. The number of rotatable bonds is 4. The highest BCUT2D eigenvalue weighted by Crippen LogP contribution is 2.19. The third-order valence-electron chi connectivity index (χ3n) is 3.59. The van der Waals surface area contributed by atoms with Crippen LogP contribution in [0.15, 0.2) is 0 Å². The van der Waals surface area contributed by atoms with Crippen molar-refractivity contribution >= 4 is 21.7 Å². The molecule has 2 fully saturated rings. The first-order valence-corrected chi connectivity index (χ1v) is 8.12. The number of carbonyl (C=O) groups is 2. The monoisotopic (exact) mass is 290 g/mol. The molecule has 2 N–H and O–H groups in total. The van der Waals surface area contributed by atoms with Crippen LogP contribution in [0.5, 0.6) is 0 Å². The number of carboxylic acids is 1. The number of hydrogen-bond donors (Lipinski definition) is 2. The van der Waals surface area contributed by atoms with Gasteiger partial charge in [0.1, 0.15) is 0 Å². The minimum Gasteiger partial charge on any atom is -0.481 e. The predicted octanol–water partition coefficient (Wildman–Crippen LogP) is -1.30. The molecule has 0 aromatic rings. The maximum absolute atomic E-state index is 12.1. The predicted molar refractivity (Wildman–Crippen MR) is 67.4 cm³/mol. The van der Waals surface area contributed by atoms with Crippen LogP contribution in [-0.4, -0.2) is 67.5 Å². The minimum atomic E-state index is -3.23. The van der Waals surface area contributed by atoms with Crippen LogP contribution in [0.1, 0.15) is 12.8 Å². The fraction of sp³-hybridized carbons (Fsp3) is 0.818. The molecule has 0 aromatic carbocycles. The zero-order chi connectivity index (χ0) is 14.0. The maximum atomic E-state index is 12.1. The molecule has 1 unspecified atom stereocenters. The summed E-state index contributed by atoms with van der Waals surface area (Å²) in [5.74, 6) is -1.24. The second-order valence-electron chi connectivity index (χ2n) is 5.18. The molecule has 2 aliphatic rings. The maximum Gasteiger partial charge on any atom is 0.305 e. The van der Waals surface area contributed by atoms with E-state index in [0.29, 0.717) is 6.42 Å². The summed E-state index contributed by atoms with van der Waals surface area (Å²) in [6.45, 7) is 1.70. The topological polar surface area (TPSA) is 104 Å². The summed E-state index contributed by atoms with van der Waals surface area (Å²) in [6, 6.07) is -0.725. The smallest absolute Gasteiger partial charge is 0.305 e. The summed E-state index contributed by atoms with van der Waals surface area (Å²) in [5.41, 5.74) is 0. The van der Waals surface area contributed by atoms with Crippen LogP contribution in [0, 0.1) is 5.92 Å². The van der Waals surface area contributed by atoms with E-state index in [-0.39, 0.29) is 36.3 Å². The van der Waals surface area contributed by atoms with Crippen molar-refractivity contribution in [2.75, 3.05) is 31.1 Å². The number of sulfone groups is 1. The van der Waals surface area contributed by atoms with Gasteiger partial charge < -0.3 is 15.3 Å². The molecule has 0 radical (unpaired) electrons. The van der Waals surface area contributed by atoms with E-state index in [0.717, 1.165) is 13.1 Å². The largest absolute Gasteiger partial charge is 0.481 e. The van der Waals surface area contributed by atoms with Gasteiger partial charge in [-0.05, 0) is 19.0 Å². The number of aliphatic carboxylic acids is 1. The Balaban J connectivity index is 2.02. The molecule has 0 spiro atoms. The zero-order valence-electron chi connectivity index (χ0n) is 10.5. The number of carboxylic acid groups (broad SMARTS) is 1. The number of amides is 1. The summed E-state index contributed by atoms with van der Waals surface area (Å²) < 4.78 is 23.1. The molecule has 7 nitrogen and oxygen atoms in total.